The summed E-state index contributed by atoms with van der Waals surface area (Å²) in [5, 5.41) is 0. The minimum atomic E-state index is -5.27. The van der Waals surface area contributed by atoms with Gasteiger partial charge in [0.25, 0.3) is 0 Å². The van der Waals surface area contributed by atoms with Crippen molar-refractivity contribution in [1.29, 1.82) is 0 Å². The van der Waals surface area contributed by atoms with Crippen LogP contribution < -0.4 is 10.3 Å². The molecule has 0 unspecified atom stereocenters. The van der Waals surface area contributed by atoms with Gasteiger partial charge in [0.15, 0.2) is 11.4 Å². The van der Waals surface area contributed by atoms with E-state index < -0.39 is 35.1 Å². The Labute approximate surface area is 90.0 Å². The van der Waals surface area contributed by atoms with Crippen LogP contribution in [0.15, 0.2) is 10.9 Å². The molecule has 0 aliphatic carbocycles. The molecule has 0 amide bonds. The van der Waals surface area contributed by atoms with Gasteiger partial charge in [-0.1, -0.05) is 0 Å². The monoisotopic (exact) mass is 261 g/mol. The van der Waals surface area contributed by atoms with Crippen molar-refractivity contribution in [3.63, 3.8) is 0 Å². The van der Waals surface area contributed by atoms with E-state index in [4.69, 9.17) is 0 Å². The first-order valence-electron chi connectivity index (χ1n) is 4.07. The second-order valence-corrected chi connectivity index (χ2v) is 3.07. The number of alkyl halides is 6. The van der Waals surface area contributed by atoms with E-state index in [9.17, 15) is 31.1 Å². The molecule has 3 nitrogen and oxygen atoms in total. The zero-order chi connectivity index (χ0) is 13.4. The standard InChI is InChI=1S/C8H5F6NO2/c1-3-2-4(16)15-6(7(9,10)11)5(3)17-8(12,13)14/h2H,1H3,(H,15,16). The molecule has 0 spiro atoms. The molecule has 1 aromatic heterocycles. The Bertz CT molecular complexity index is 472. The first-order chi connectivity index (χ1) is 7.50. The fourth-order valence-electron chi connectivity index (χ4n) is 1.12. The second-order valence-electron chi connectivity index (χ2n) is 3.07. The Kier molecular flexibility index (Phi) is 3.13. The zero-order valence-electron chi connectivity index (χ0n) is 8.16. The Morgan fingerprint density at radius 2 is 1.71 bits per heavy atom. The number of pyridine rings is 1. The predicted molar refractivity (Wildman–Crippen MR) is 43.5 cm³/mol. The zero-order valence-corrected chi connectivity index (χ0v) is 8.16. The van der Waals surface area contributed by atoms with Crippen LogP contribution >= 0.6 is 0 Å². The summed E-state index contributed by atoms with van der Waals surface area (Å²) in [5.41, 5.74) is -3.58. The molecule has 0 fully saturated rings. The van der Waals surface area contributed by atoms with Crippen molar-refractivity contribution in [2.24, 2.45) is 0 Å². The lowest BCUT2D eigenvalue weighted by Gasteiger charge is -2.16. The molecule has 0 aliphatic rings. The van der Waals surface area contributed by atoms with Crippen LogP contribution in [0.5, 0.6) is 5.75 Å². The Morgan fingerprint density at radius 3 is 2.12 bits per heavy atom. The van der Waals surface area contributed by atoms with Gasteiger partial charge in [0, 0.05) is 6.07 Å². The summed E-state index contributed by atoms with van der Waals surface area (Å²) in [7, 11) is 0. The van der Waals surface area contributed by atoms with Crippen LogP contribution in [0.4, 0.5) is 26.3 Å². The van der Waals surface area contributed by atoms with Crippen LogP contribution in [0, 0.1) is 6.92 Å². The maximum Gasteiger partial charge on any atom is 0.573 e. The number of hydrogen-bond acceptors (Lipinski definition) is 2. The van der Waals surface area contributed by atoms with Gasteiger partial charge in [0.05, 0.1) is 0 Å². The number of halogens is 6. The molecular weight excluding hydrogens is 256 g/mol. The third kappa shape index (κ3) is 3.40. The average molecular weight is 261 g/mol. The van der Waals surface area contributed by atoms with E-state index in [-0.39, 0.29) is 0 Å². The van der Waals surface area contributed by atoms with Gasteiger partial charge in [0.1, 0.15) is 0 Å². The summed E-state index contributed by atoms with van der Waals surface area (Å²) >= 11 is 0. The predicted octanol–water partition coefficient (Wildman–Crippen LogP) is 2.60. The number of rotatable bonds is 1. The molecule has 1 rings (SSSR count). The van der Waals surface area contributed by atoms with Gasteiger partial charge in [-0.15, -0.1) is 13.2 Å². The molecule has 0 saturated heterocycles. The van der Waals surface area contributed by atoms with Crippen molar-refractivity contribution < 1.29 is 31.1 Å². The Morgan fingerprint density at radius 1 is 1.18 bits per heavy atom. The maximum atomic E-state index is 12.4. The normalized spacial score (nSPS) is 12.6. The molecule has 0 radical (unpaired) electrons. The van der Waals surface area contributed by atoms with Crippen LogP contribution in [-0.2, 0) is 6.18 Å². The van der Waals surface area contributed by atoms with Crippen molar-refractivity contribution in [1.82, 2.24) is 4.98 Å². The van der Waals surface area contributed by atoms with E-state index in [0.29, 0.717) is 6.07 Å². The molecule has 0 saturated carbocycles. The largest absolute Gasteiger partial charge is 0.573 e. The van der Waals surface area contributed by atoms with Gasteiger partial charge in [-0.05, 0) is 12.5 Å². The lowest BCUT2D eigenvalue weighted by Crippen LogP contribution is -2.24. The van der Waals surface area contributed by atoms with E-state index >= 15 is 0 Å². The Hall–Kier alpha value is -1.67. The molecule has 0 atom stereocenters. The minimum Gasteiger partial charge on any atom is -0.403 e. The van der Waals surface area contributed by atoms with Crippen molar-refractivity contribution in [2.75, 3.05) is 0 Å². The van der Waals surface area contributed by atoms with Gasteiger partial charge < -0.3 is 9.72 Å². The summed E-state index contributed by atoms with van der Waals surface area (Å²) in [6.45, 7) is 0.908. The van der Waals surface area contributed by atoms with Crippen LogP contribution in [0.1, 0.15) is 11.3 Å². The van der Waals surface area contributed by atoms with Gasteiger partial charge in [0.2, 0.25) is 5.56 Å². The number of ether oxygens (including phenoxy) is 1. The minimum absolute atomic E-state index is 0.557. The Balaban J connectivity index is 3.42. The van der Waals surface area contributed by atoms with Gasteiger partial charge >= 0.3 is 12.5 Å². The summed E-state index contributed by atoms with van der Waals surface area (Å²) in [5.74, 6) is -1.45. The third-order valence-electron chi connectivity index (χ3n) is 1.68. The molecule has 0 bridgehead atoms. The highest BCUT2D eigenvalue weighted by atomic mass is 19.4. The summed E-state index contributed by atoms with van der Waals surface area (Å²) in [4.78, 5) is 12.1. The SMILES string of the molecule is Cc1cc(=O)[nH]c(C(F)(F)F)c1OC(F)(F)F. The van der Waals surface area contributed by atoms with Crippen molar-refractivity contribution >= 4 is 0 Å². The molecule has 1 N–H and O–H groups in total. The molecule has 17 heavy (non-hydrogen) atoms. The molecule has 96 valence electrons. The van der Waals surface area contributed by atoms with Crippen LogP contribution in [0.3, 0.4) is 0 Å². The first kappa shape index (κ1) is 13.4. The second kappa shape index (κ2) is 3.97. The first-order valence-corrected chi connectivity index (χ1v) is 4.07. The summed E-state index contributed by atoms with van der Waals surface area (Å²) in [6.07, 6.45) is -10.4. The highest BCUT2D eigenvalue weighted by molar-refractivity contribution is 5.37. The smallest absolute Gasteiger partial charge is 0.403 e. The number of nitrogens with one attached hydrogen (secondary N) is 1. The van der Waals surface area contributed by atoms with E-state index in [1.165, 1.54) is 4.98 Å². The molecule has 1 aromatic rings. The fourth-order valence-corrected chi connectivity index (χ4v) is 1.12. The number of aryl methyl sites for hydroxylation is 1. The highest BCUT2D eigenvalue weighted by Crippen LogP contribution is 2.37. The van der Waals surface area contributed by atoms with Crippen LogP contribution in [-0.4, -0.2) is 11.3 Å². The van der Waals surface area contributed by atoms with E-state index in [2.05, 4.69) is 4.74 Å². The van der Waals surface area contributed by atoms with E-state index in [1.807, 2.05) is 0 Å². The summed E-state index contributed by atoms with van der Waals surface area (Å²) in [6, 6.07) is 0.580. The third-order valence-corrected chi connectivity index (χ3v) is 1.68. The number of H-pyrrole nitrogens is 1. The number of aromatic amines is 1. The van der Waals surface area contributed by atoms with E-state index in [1.54, 1.807) is 0 Å². The van der Waals surface area contributed by atoms with E-state index in [0.717, 1.165) is 6.92 Å². The quantitative estimate of drug-likeness (QED) is 0.789. The van der Waals surface area contributed by atoms with Crippen LogP contribution in [0.25, 0.3) is 0 Å². The highest BCUT2D eigenvalue weighted by Gasteiger charge is 2.41. The lowest BCUT2D eigenvalue weighted by atomic mass is 10.2. The molecular formula is C8H5F6NO2. The molecule has 9 heteroatoms. The summed E-state index contributed by atoms with van der Waals surface area (Å²) < 4.78 is 76.1. The average Bonchev–Trinajstić information content (AvgIpc) is 2.05. The topological polar surface area (TPSA) is 42.1 Å². The van der Waals surface area contributed by atoms with Crippen LogP contribution in [0.2, 0.25) is 0 Å². The molecule has 0 aromatic carbocycles. The van der Waals surface area contributed by atoms with Gasteiger partial charge in [-0.3, -0.25) is 4.79 Å². The molecule has 1 heterocycles. The van der Waals surface area contributed by atoms with Gasteiger partial charge in [-0.2, -0.15) is 13.2 Å². The maximum absolute atomic E-state index is 12.4. The van der Waals surface area contributed by atoms with Crippen molar-refractivity contribution in [2.45, 2.75) is 19.5 Å². The van der Waals surface area contributed by atoms with Gasteiger partial charge in [-0.25, -0.2) is 0 Å². The number of hydrogen-bond donors (Lipinski definition) is 1. The van der Waals surface area contributed by atoms with Crippen molar-refractivity contribution in [3.8, 4) is 5.75 Å². The number of aromatic nitrogens is 1. The van der Waals surface area contributed by atoms with Crippen molar-refractivity contribution in [3.05, 3.63) is 27.7 Å². The fraction of sp³-hybridized carbons (Fsp3) is 0.375. The lowest BCUT2D eigenvalue weighted by molar-refractivity contribution is -0.276. The molecule has 0 aliphatic heterocycles.